The molecule has 3 aliphatic rings. The summed E-state index contributed by atoms with van der Waals surface area (Å²) >= 11 is 0. The minimum absolute atomic E-state index is 0.557. The van der Waals surface area contributed by atoms with E-state index >= 15 is 0 Å². The Morgan fingerprint density at radius 2 is 2.00 bits per heavy atom. The van der Waals surface area contributed by atoms with Crippen molar-refractivity contribution < 1.29 is 4.74 Å². The monoisotopic (exact) mass is 182 g/mol. The van der Waals surface area contributed by atoms with Gasteiger partial charge in [-0.1, -0.05) is 20.8 Å². The molecule has 4 atom stereocenters. The fourth-order valence-electron chi connectivity index (χ4n) is 3.54. The van der Waals surface area contributed by atoms with Crippen molar-refractivity contribution in [1.29, 1.82) is 0 Å². The Bertz CT molecular complexity index is 197. The third-order valence-corrected chi connectivity index (χ3v) is 4.66. The van der Waals surface area contributed by atoms with Gasteiger partial charge in [0.25, 0.3) is 0 Å². The molecular formula is C12H22O. The summed E-state index contributed by atoms with van der Waals surface area (Å²) in [5, 5.41) is 0. The third kappa shape index (κ3) is 1.24. The van der Waals surface area contributed by atoms with Gasteiger partial charge in [-0.25, -0.2) is 0 Å². The van der Waals surface area contributed by atoms with Gasteiger partial charge in [-0.15, -0.1) is 0 Å². The van der Waals surface area contributed by atoms with E-state index in [0.29, 0.717) is 11.5 Å². The molecule has 0 aromatic rings. The van der Waals surface area contributed by atoms with Crippen LogP contribution in [0.15, 0.2) is 0 Å². The summed E-state index contributed by atoms with van der Waals surface area (Å²) in [6, 6.07) is 0. The maximum Gasteiger partial charge on any atom is 0.0606 e. The van der Waals surface area contributed by atoms with Crippen molar-refractivity contribution in [2.45, 2.75) is 46.6 Å². The maximum absolute atomic E-state index is 5.79. The summed E-state index contributed by atoms with van der Waals surface area (Å²) in [4.78, 5) is 0. The molecule has 0 saturated heterocycles. The van der Waals surface area contributed by atoms with E-state index in [4.69, 9.17) is 4.74 Å². The highest BCUT2D eigenvalue weighted by Gasteiger charge is 2.56. The molecule has 0 heterocycles. The van der Waals surface area contributed by atoms with E-state index in [1.165, 1.54) is 12.8 Å². The SMILES string of the molecule is CCOC1CC2CC(C1C)C2(C)C. The van der Waals surface area contributed by atoms with Gasteiger partial charge in [0.05, 0.1) is 6.10 Å². The topological polar surface area (TPSA) is 9.23 Å². The Hall–Kier alpha value is -0.0400. The average molecular weight is 182 g/mol. The van der Waals surface area contributed by atoms with Crippen LogP contribution in [0.5, 0.6) is 0 Å². The van der Waals surface area contributed by atoms with Crippen molar-refractivity contribution in [3.05, 3.63) is 0 Å². The second-order valence-corrected chi connectivity index (χ2v) is 5.45. The molecule has 3 saturated carbocycles. The van der Waals surface area contributed by atoms with Gasteiger partial charge in [-0.3, -0.25) is 0 Å². The molecule has 0 aromatic heterocycles. The summed E-state index contributed by atoms with van der Waals surface area (Å²) in [6.45, 7) is 10.2. The van der Waals surface area contributed by atoms with Gasteiger partial charge in [0.1, 0.15) is 0 Å². The molecule has 3 rings (SSSR count). The largest absolute Gasteiger partial charge is 0.378 e. The van der Waals surface area contributed by atoms with Crippen LogP contribution in [0, 0.1) is 23.2 Å². The quantitative estimate of drug-likeness (QED) is 0.637. The zero-order valence-electron chi connectivity index (χ0n) is 9.34. The van der Waals surface area contributed by atoms with Crippen molar-refractivity contribution in [2.24, 2.45) is 23.2 Å². The van der Waals surface area contributed by atoms with Gasteiger partial charge in [0.2, 0.25) is 0 Å². The highest BCUT2D eigenvalue weighted by atomic mass is 16.5. The Morgan fingerprint density at radius 3 is 2.46 bits per heavy atom. The number of hydrogen-bond donors (Lipinski definition) is 0. The Kier molecular flexibility index (Phi) is 2.18. The second kappa shape index (κ2) is 2.98. The molecular weight excluding hydrogens is 160 g/mol. The first-order chi connectivity index (χ1) is 6.07. The Balaban J connectivity index is 2.03. The fourth-order valence-corrected chi connectivity index (χ4v) is 3.54. The summed E-state index contributed by atoms with van der Waals surface area (Å²) in [6.07, 6.45) is 3.32. The predicted molar refractivity (Wildman–Crippen MR) is 54.6 cm³/mol. The highest BCUT2D eigenvalue weighted by molar-refractivity contribution is 5.05. The molecule has 0 N–H and O–H groups in total. The van der Waals surface area contributed by atoms with E-state index in [9.17, 15) is 0 Å². The number of fused-ring (bicyclic) bond motifs is 2. The van der Waals surface area contributed by atoms with Gasteiger partial charge in [0, 0.05) is 6.61 Å². The molecule has 1 heteroatoms. The summed E-state index contributed by atoms with van der Waals surface area (Å²) in [5.41, 5.74) is 0.604. The lowest BCUT2D eigenvalue weighted by Gasteiger charge is -2.61. The van der Waals surface area contributed by atoms with Crippen LogP contribution in [-0.4, -0.2) is 12.7 Å². The second-order valence-electron chi connectivity index (χ2n) is 5.45. The minimum Gasteiger partial charge on any atom is -0.378 e. The third-order valence-electron chi connectivity index (χ3n) is 4.66. The van der Waals surface area contributed by atoms with Crippen LogP contribution in [-0.2, 0) is 4.74 Å². The molecule has 13 heavy (non-hydrogen) atoms. The molecule has 76 valence electrons. The molecule has 0 amide bonds. The van der Waals surface area contributed by atoms with E-state index in [0.717, 1.165) is 24.4 Å². The fraction of sp³-hybridized carbons (Fsp3) is 1.00. The van der Waals surface area contributed by atoms with E-state index in [1.807, 2.05) is 0 Å². The molecule has 4 unspecified atom stereocenters. The smallest absolute Gasteiger partial charge is 0.0606 e. The van der Waals surface area contributed by atoms with Crippen LogP contribution in [0.4, 0.5) is 0 Å². The first kappa shape index (κ1) is 9.51. The molecule has 1 nitrogen and oxygen atoms in total. The predicted octanol–water partition coefficient (Wildman–Crippen LogP) is 3.09. The molecule has 0 aromatic carbocycles. The number of hydrogen-bond acceptors (Lipinski definition) is 1. The Labute approximate surface area is 81.9 Å². The van der Waals surface area contributed by atoms with Crippen molar-refractivity contribution in [1.82, 2.24) is 0 Å². The van der Waals surface area contributed by atoms with Gasteiger partial charge < -0.3 is 4.74 Å². The van der Waals surface area contributed by atoms with Gasteiger partial charge >= 0.3 is 0 Å². The van der Waals surface area contributed by atoms with E-state index < -0.39 is 0 Å². The lowest BCUT2D eigenvalue weighted by atomic mass is 9.45. The molecule has 2 bridgehead atoms. The summed E-state index contributed by atoms with van der Waals surface area (Å²) in [7, 11) is 0. The van der Waals surface area contributed by atoms with Crippen LogP contribution in [0.1, 0.15) is 40.5 Å². The van der Waals surface area contributed by atoms with E-state index in [2.05, 4.69) is 27.7 Å². The molecule has 3 fully saturated rings. The van der Waals surface area contributed by atoms with Crippen molar-refractivity contribution in [3.63, 3.8) is 0 Å². The van der Waals surface area contributed by atoms with Gasteiger partial charge in [0.15, 0.2) is 0 Å². The number of rotatable bonds is 2. The minimum atomic E-state index is 0.557. The van der Waals surface area contributed by atoms with Gasteiger partial charge in [-0.2, -0.15) is 0 Å². The van der Waals surface area contributed by atoms with Crippen LogP contribution in [0.25, 0.3) is 0 Å². The van der Waals surface area contributed by atoms with Crippen LogP contribution < -0.4 is 0 Å². The van der Waals surface area contributed by atoms with Crippen molar-refractivity contribution in [2.75, 3.05) is 6.61 Å². The summed E-state index contributed by atoms with van der Waals surface area (Å²) < 4.78 is 5.79. The molecule has 0 spiro atoms. The highest BCUT2D eigenvalue weighted by Crippen LogP contribution is 2.61. The maximum atomic E-state index is 5.79. The zero-order chi connectivity index (χ0) is 9.64. The molecule has 0 radical (unpaired) electrons. The lowest BCUT2D eigenvalue weighted by Crippen LogP contribution is -2.57. The van der Waals surface area contributed by atoms with Crippen LogP contribution >= 0.6 is 0 Å². The van der Waals surface area contributed by atoms with Gasteiger partial charge in [-0.05, 0) is 42.9 Å². The zero-order valence-corrected chi connectivity index (χ0v) is 9.34. The average Bonchev–Trinajstić information content (AvgIpc) is 2.08. The van der Waals surface area contributed by atoms with Crippen LogP contribution in [0.3, 0.4) is 0 Å². The Morgan fingerprint density at radius 1 is 1.31 bits per heavy atom. The standard InChI is InChI=1S/C12H22O/c1-5-13-11-7-9-6-10(8(11)2)12(9,3)4/h8-11H,5-7H2,1-4H3. The molecule has 3 aliphatic carbocycles. The summed E-state index contributed by atoms with van der Waals surface area (Å²) in [5.74, 6) is 2.63. The lowest BCUT2D eigenvalue weighted by molar-refractivity contribution is -0.170. The van der Waals surface area contributed by atoms with Crippen molar-refractivity contribution >= 4 is 0 Å². The van der Waals surface area contributed by atoms with Crippen molar-refractivity contribution in [3.8, 4) is 0 Å². The van der Waals surface area contributed by atoms with E-state index in [-0.39, 0.29) is 0 Å². The number of ether oxygens (including phenoxy) is 1. The van der Waals surface area contributed by atoms with Crippen LogP contribution in [0.2, 0.25) is 0 Å². The normalized spacial score (nSPS) is 47.1. The van der Waals surface area contributed by atoms with E-state index in [1.54, 1.807) is 0 Å². The first-order valence-corrected chi connectivity index (χ1v) is 5.69. The first-order valence-electron chi connectivity index (χ1n) is 5.69. The molecule has 0 aliphatic heterocycles.